The molecule has 1 aromatic heterocycles. The van der Waals surface area contributed by atoms with Gasteiger partial charge in [0.1, 0.15) is 0 Å². The Balaban J connectivity index is 1.45. The number of benzene rings is 5. The van der Waals surface area contributed by atoms with Crippen molar-refractivity contribution in [2.45, 2.75) is 35.7 Å². The fourth-order valence-corrected chi connectivity index (χ4v) is 9.13. The zero-order valence-electron chi connectivity index (χ0n) is 27.2. The van der Waals surface area contributed by atoms with E-state index in [0.29, 0.717) is 16.3 Å². The average molecular weight is 751 g/mol. The third-order valence-electron chi connectivity index (χ3n) is 8.75. The Hall–Kier alpha value is -4.42. The molecule has 0 aliphatic heterocycles. The van der Waals surface area contributed by atoms with Crippen LogP contribution < -0.4 is 4.72 Å². The van der Waals surface area contributed by atoms with E-state index in [2.05, 4.69) is 9.29 Å². The number of hydrogen-bond acceptors (Lipinski definition) is 4. The van der Waals surface area contributed by atoms with E-state index < -0.39 is 43.4 Å². The van der Waals surface area contributed by atoms with E-state index >= 15 is 0 Å². The predicted octanol–water partition coefficient (Wildman–Crippen LogP) is 8.63. The normalized spacial score (nSPS) is 12.5. The molecule has 0 saturated heterocycles. The van der Waals surface area contributed by atoms with Crippen LogP contribution in [0.3, 0.4) is 0 Å². The van der Waals surface area contributed by atoms with Gasteiger partial charge >= 0.3 is 6.18 Å². The van der Waals surface area contributed by atoms with Crippen LogP contribution >= 0.6 is 11.6 Å². The predicted molar refractivity (Wildman–Crippen MR) is 195 cm³/mol. The van der Waals surface area contributed by atoms with Gasteiger partial charge in [0, 0.05) is 34.6 Å². The van der Waals surface area contributed by atoms with Crippen LogP contribution in [0, 0.1) is 0 Å². The largest absolute Gasteiger partial charge is 0.416 e. The van der Waals surface area contributed by atoms with Crippen molar-refractivity contribution < 1.29 is 30.0 Å². The first-order valence-electron chi connectivity index (χ1n) is 16.2. The molecule has 0 atom stereocenters. The smallest absolute Gasteiger partial charge is 0.333 e. The molecule has 0 aliphatic rings. The molecule has 1 N–H and O–H groups in total. The molecular formula is C39H34ClF3N2O4S2. The van der Waals surface area contributed by atoms with E-state index in [4.69, 9.17) is 11.6 Å². The average Bonchev–Trinajstić information content (AvgIpc) is 3.40. The lowest BCUT2D eigenvalue weighted by atomic mass is 9.97. The first-order valence-corrected chi connectivity index (χ1v) is 19.8. The number of rotatable bonds is 13. The molecule has 6 aromatic rings. The monoisotopic (exact) mass is 750 g/mol. The minimum absolute atomic E-state index is 0.0956. The number of alkyl halides is 3. The maximum Gasteiger partial charge on any atom is 0.416 e. The van der Waals surface area contributed by atoms with Crippen molar-refractivity contribution in [2.75, 3.05) is 12.3 Å². The van der Waals surface area contributed by atoms with E-state index in [0.717, 1.165) is 34.2 Å². The summed E-state index contributed by atoms with van der Waals surface area (Å²) in [5.74, 6) is -1.09. The van der Waals surface area contributed by atoms with Crippen molar-refractivity contribution >= 4 is 42.4 Å². The lowest BCUT2D eigenvalue weighted by Crippen LogP contribution is -2.29. The molecule has 0 fully saturated rings. The van der Waals surface area contributed by atoms with E-state index in [9.17, 15) is 30.0 Å². The standard InChI is InChI=1S/C39H34ClF3N2O4S2/c40-31-20-21-36-34(26-31)33(23-25-50(46,47)32-17-8-3-9-18-32)37(45(36)38(28-12-4-1-5-13-28)29-14-6-2-7-15-29)22-24-44-51(48,49)27-30-16-10-11-19-35(30)39(41,42)43/h1-21,26,38,44H,22-25,27H2. The van der Waals surface area contributed by atoms with Crippen molar-refractivity contribution in [3.8, 4) is 0 Å². The summed E-state index contributed by atoms with van der Waals surface area (Å²) in [4.78, 5) is 0.187. The molecule has 12 heteroatoms. The molecular weight excluding hydrogens is 717 g/mol. The molecule has 6 rings (SSSR count). The first kappa shape index (κ1) is 36.4. The Kier molecular flexibility index (Phi) is 10.7. The summed E-state index contributed by atoms with van der Waals surface area (Å²) in [6.45, 7) is -0.157. The van der Waals surface area contributed by atoms with Gasteiger partial charge in [0.15, 0.2) is 9.84 Å². The molecule has 264 valence electrons. The number of halogens is 4. The van der Waals surface area contributed by atoms with Crippen LogP contribution in [0.4, 0.5) is 13.2 Å². The van der Waals surface area contributed by atoms with Gasteiger partial charge in [-0.15, -0.1) is 0 Å². The van der Waals surface area contributed by atoms with Crippen molar-refractivity contribution in [2.24, 2.45) is 0 Å². The Bertz CT molecular complexity index is 2310. The fraction of sp³-hybridized carbons (Fsp3) is 0.179. The second kappa shape index (κ2) is 15.1. The Morgan fingerprint density at radius 2 is 1.27 bits per heavy atom. The number of aromatic nitrogens is 1. The van der Waals surface area contributed by atoms with E-state index in [-0.39, 0.29) is 35.6 Å². The molecule has 0 unspecified atom stereocenters. The highest BCUT2D eigenvalue weighted by molar-refractivity contribution is 7.91. The Morgan fingerprint density at radius 1 is 0.706 bits per heavy atom. The van der Waals surface area contributed by atoms with Gasteiger partial charge in [-0.1, -0.05) is 109 Å². The molecule has 0 aliphatic carbocycles. The third-order valence-corrected chi connectivity index (χ3v) is 12.0. The van der Waals surface area contributed by atoms with Gasteiger partial charge in [0.25, 0.3) is 0 Å². The molecule has 51 heavy (non-hydrogen) atoms. The van der Waals surface area contributed by atoms with Gasteiger partial charge in [-0.3, -0.25) is 0 Å². The van der Waals surface area contributed by atoms with E-state index in [1.54, 1.807) is 42.5 Å². The van der Waals surface area contributed by atoms with Crippen LogP contribution in [0.2, 0.25) is 5.02 Å². The molecule has 0 spiro atoms. The summed E-state index contributed by atoms with van der Waals surface area (Å²) >= 11 is 6.54. The summed E-state index contributed by atoms with van der Waals surface area (Å²) < 4.78 is 99.2. The molecule has 6 nitrogen and oxygen atoms in total. The molecule has 0 saturated carbocycles. The van der Waals surface area contributed by atoms with Gasteiger partial charge < -0.3 is 4.57 Å². The maximum absolute atomic E-state index is 13.7. The summed E-state index contributed by atoms with van der Waals surface area (Å²) in [6.07, 6.45) is -4.52. The summed E-state index contributed by atoms with van der Waals surface area (Å²) in [5, 5.41) is 1.16. The highest BCUT2D eigenvalue weighted by Gasteiger charge is 2.34. The van der Waals surface area contributed by atoms with Crippen LogP contribution in [0.5, 0.6) is 0 Å². The van der Waals surface area contributed by atoms with Crippen LogP contribution in [-0.2, 0) is 44.6 Å². The second-order valence-corrected chi connectivity index (χ2v) is 16.5. The number of nitrogens with zero attached hydrogens (tertiary/aromatic N) is 1. The van der Waals surface area contributed by atoms with Crippen LogP contribution in [0.15, 0.2) is 138 Å². The zero-order chi connectivity index (χ0) is 36.2. The van der Waals surface area contributed by atoms with Crippen LogP contribution in [0.1, 0.15) is 39.6 Å². The van der Waals surface area contributed by atoms with E-state index in [1.807, 2.05) is 66.7 Å². The zero-order valence-corrected chi connectivity index (χ0v) is 29.6. The highest BCUT2D eigenvalue weighted by Crippen LogP contribution is 2.38. The first-order chi connectivity index (χ1) is 24.3. The van der Waals surface area contributed by atoms with Gasteiger partial charge in [0.05, 0.1) is 28.0 Å². The Morgan fingerprint density at radius 3 is 1.88 bits per heavy atom. The molecule has 0 bridgehead atoms. The summed E-state index contributed by atoms with van der Waals surface area (Å²) in [7, 11) is -7.93. The minimum atomic E-state index is -4.72. The number of fused-ring (bicyclic) bond motifs is 1. The topological polar surface area (TPSA) is 85.2 Å². The van der Waals surface area contributed by atoms with Crippen molar-refractivity contribution in [3.63, 3.8) is 0 Å². The lowest BCUT2D eigenvalue weighted by molar-refractivity contribution is -0.138. The highest BCUT2D eigenvalue weighted by atomic mass is 35.5. The quantitative estimate of drug-likeness (QED) is 0.128. The van der Waals surface area contributed by atoms with E-state index in [1.165, 1.54) is 12.1 Å². The van der Waals surface area contributed by atoms with Gasteiger partial charge in [-0.2, -0.15) is 13.2 Å². The molecule has 0 amide bonds. The number of aryl methyl sites for hydroxylation is 1. The molecule has 1 heterocycles. The van der Waals surface area contributed by atoms with Crippen molar-refractivity contribution in [3.05, 3.63) is 172 Å². The van der Waals surface area contributed by atoms with Gasteiger partial charge in [0.2, 0.25) is 10.0 Å². The number of sulfone groups is 1. The van der Waals surface area contributed by atoms with Crippen molar-refractivity contribution in [1.29, 1.82) is 0 Å². The van der Waals surface area contributed by atoms with Crippen LogP contribution in [0.25, 0.3) is 10.9 Å². The molecule has 0 radical (unpaired) electrons. The summed E-state index contributed by atoms with van der Waals surface area (Å²) in [5.41, 5.74) is 2.62. The third kappa shape index (κ3) is 8.39. The van der Waals surface area contributed by atoms with Crippen molar-refractivity contribution in [1.82, 2.24) is 9.29 Å². The fourth-order valence-electron chi connectivity index (χ4n) is 6.50. The maximum atomic E-state index is 13.7. The lowest BCUT2D eigenvalue weighted by Gasteiger charge is -2.25. The minimum Gasteiger partial charge on any atom is -0.333 e. The summed E-state index contributed by atoms with van der Waals surface area (Å²) in [6, 6.07) is 37.2. The SMILES string of the molecule is O=S(=O)(Cc1ccccc1C(F)(F)F)NCCc1c(CCS(=O)(=O)c2ccccc2)c2cc(Cl)ccc2n1C(c1ccccc1)c1ccccc1. The Labute approximate surface area is 300 Å². The number of sulfonamides is 1. The van der Waals surface area contributed by atoms with Crippen LogP contribution in [-0.4, -0.2) is 33.7 Å². The number of nitrogens with one attached hydrogen (secondary N) is 1. The second-order valence-electron chi connectivity index (χ2n) is 12.1. The number of hydrogen-bond donors (Lipinski definition) is 1. The molecule has 5 aromatic carbocycles. The van der Waals surface area contributed by atoms with Gasteiger partial charge in [-0.25, -0.2) is 21.6 Å². The van der Waals surface area contributed by atoms with Gasteiger partial charge in [-0.05, 0) is 65.1 Å².